The number of benzene rings is 3. The second kappa shape index (κ2) is 9.44. The third kappa shape index (κ3) is 4.98. The van der Waals surface area contributed by atoms with Gasteiger partial charge < -0.3 is 15.5 Å². The van der Waals surface area contributed by atoms with Crippen LogP contribution in [0.2, 0.25) is 0 Å². The van der Waals surface area contributed by atoms with Crippen molar-refractivity contribution in [3.63, 3.8) is 0 Å². The highest BCUT2D eigenvalue weighted by atomic mass is 16.2. The largest absolute Gasteiger partial charge is 0.371 e. The lowest BCUT2D eigenvalue weighted by atomic mass is 10.0. The molecule has 1 aliphatic heterocycles. The molecule has 0 spiro atoms. The van der Waals surface area contributed by atoms with Crippen LogP contribution in [-0.4, -0.2) is 31.4 Å². The van der Waals surface area contributed by atoms with Crippen molar-refractivity contribution in [3.05, 3.63) is 72.3 Å². The number of nitrogens with one attached hydrogen (secondary N) is 2. The number of nitrogens with zero attached hydrogens (tertiary/aromatic N) is 1. The van der Waals surface area contributed by atoms with E-state index in [1.807, 2.05) is 60.7 Å². The summed E-state index contributed by atoms with van der Waals surface area (Å²) in [5.74, 6) is -0.388. The third-order valence-electron chi connectivity index (χ3n) is 5.53. The Bertz CT molecular complexity index is 1040. The quantitative estimate of drug-likeness (QED) is 0.653. The molecular formula is C25H27N3O2. The number of fused-ring (bicyclic) bond motifs is 1. The summed E-state index contributed by atoms with van der Waals surface area (Å²) in [5, 5.41) is 7.79. The van der Waals surface area contributed by atoms with Gasteiger partial charge in [-0.25, -0.2) is 0 Å². The first-order valence-electron chi connectivity index (χ1n) is 10.6. The van der Waals surface area contributed by atoms with Crippen molar-refractivity contribution in [1.82, 2.24) is 5.32 Å². The van der Waals surface area contributed by atoms with Gasteiger partial charge in [0.2, 0.25) is 11.8 Å². The van der Waals surface area contributed by atoms with E-state index in [1.54, 1.807) is 0 Å². The van der Waals surface area contributed by atoms with E-state index in [2.05, 4.69) is 21.6 Å². The molecule has 0 aliphatic carbocycles. The number of carbonyl (C=O) groups excluding carboxylic acids is 2. The van der Waals surface area contributed by atoms with Gasteiger partial charge in [0.1, 0.15) is 0 Å². The number of hydrogen-bond donors (Lipinski definition) is 2. The maximum absolute atomic E-state index is 12.4. The van der Waals surface area contributed by atoms with E-state index < -0.39 is 0 Å². The van der Waals surface area contributed by atoms with Gasteiger partial charge in [-0.1, -0.05) is 48.5 Å². The first-order valence-corrected chi connectivity index (χ1v) is 10.6. The molecule has 1 aliphatic rings. The fraction of sp³-hybridized carbons (Fsp3) is 0.280. The molecule has 3 aromatic rings. The van der Waals surface area contributed by atoms with E-state index in [-0.39, 0.29) is 24.8 Å². The average molecular weight is 402 g/mol. The molecule has 0 atom stereocenters. The lowest BCUT2D eigenvalue weighted by Gasteiger charge is -2.29. The van der Waals surface area contributed by atoms with Gasteiger partial charge in [0.05, 0.1) is 13.0 Å². The standard InChI is InChI=1S/C25H27N3O2/c29-24(16-20-10-6-9-19-8-2-3-13-23(19)20)26-18-25(30)27-21-11-7-12-22(17-21)28-14-4-1-5-15-28/h2-3,6-13,17H,1,4-5,14-16,18H2,(H,26,29)(H,27,30). The van der Waals surface area contributed by atoms with Crippen molar-refractivity contribution in [2.75, 3.05) is 29.9 Å². The van der Waals surface area contributed by atoms with Crippen LogP contribution >= 0.6 is 0 Å². The smallest absolute Gasteiger partial charge is 0.243 e. The zero-order valence-corrected chi connectivity index (χ0v) is 17.1. The van der Waals surface area contributed by atoms with Crippen LogP contribution in [0.15, 0.2) is 66.7 Å². The number of piperidine rings is 1. The van der Waals surface area contributed by atoms with Crippen LogP contribution in [-0.2, 0) is 16.0 Å². The van der Waals surface area contributed by atoms with Crippen LogP contribution in [0.1, 0.15) is 24.8 Å². The molecule has 5 heteroatoms. The topological polar surface area (TPSA) is 61.4 Å². The Labute approximate surface area is 177 Å². The Morgan fingerprint density at radius 2 is 1.60 bits per heavy atom. The normalized spacial score (nSPS) is 13.8. The van der Waals surface area contributed by atoms with Crippen LogP contribution in [0.5, 0.6) is 0 Å². The first kappa shape index (κ1) is 20.0. The van der Waals surface area contributed by atoms with Crippen molar-refractivity contribution < 1.29 is 9.59 Å². The molecule has 1 heterocycles. The van der Waals surface area contributed by atoms with Gasteiger partial charge in [-0.2, -0.15) is 0 Å². The molecule has 3 aromatic carbocycles. The molecule has 4 rings (SSSR count). The number of anilines is 2. The molecule has 154 valence electrons. The van der Waals surface area contributed by atoms with E-state index in [0.717, 1.165) is 40.8 Å². The molecule has 2 N–H and O–H groups in total. The summed E-state index contributed by atoms with van der Waals surface area (Å²) >= 11 is 0. The number of hydrogen-bond acceptors (Lipinski definition) is 3. The van der Waals surface area contributed by atoms with Crippen LogP contribution in [0, 0.1) is 0 Å². The minimum absolute atomic E-state index is 0.0441. The Morgan fingerprint density at radius 3 is 2.47 bits per heavy atom. The minimum atomic E-state index is -0.225. The second-order valence-corrected chi connectivity index (χ2v) is 7.74. The summed E-state index contributed by atoms with van der Waals surface area (Å²) in [6.07, 6.45) is 3.95. The Kier molecular flexibility index (Phi) is 6.28. The summed E-state index contributed by atoms with van der Waals surface area (Å²) < 4.78 is 0. The van der Waals surface area contributed by atoms with Crippen molar-refractivity contribution in [3.8, 4) is 0 Å². The van der Waals surface area contributed by atoms with Gasteiger partial charge in [-0.05, 0) is 53.8 Å². The predicted octanol–water partition coefficient (Wildman–Crippen LogP) is 4.13. The van der Waals surface area contributed by atoms with E-state index in [0.29, 0.717) is 0 Å². The highest BCUT2D eigenvalue weighted by molar-refractivity contribution is 5.96. The molecule has 30 heavy (non-hydrogen) atoms. The lowest BCUT2D eigenvalue weighted by molar-refractivity contribution is -0.123. The molecule has 0 unspecified atom stereocenters. The number of amides is 2. The van der Waals surface area contributed by atoms with Crippen LogP contribution in [0.3, 0.4) is 0 Å². The number of rotatable bonds is 6. The summed E-state index contributed by atoms with van der Waals surface area (Å²) in [4.78, 5) is 27.1. The highest BCUT2D eigenvalue weighted by Gasteiger charge is 2.12. The Morgan fingerprint density at radius 1 is 0.833 bits per heavy atom. The maximum Gasteiger partial charge on any atom is 0.243 e. The van der Waals surface area contributed by atoms with Gasteiger partial charge in [0, 0.05) is 24.5 Å². The Hall–Kier alpha value is -3.34. The first-order chi connectivity index (χ1) is 14.7. The second-order valence-electron chi connectivity index (χ2n) is 7.74. The molecule has 0 aromatic heterocycles. The molecular weight excluding hydrogens is 374 g/mol. The van der Waals surface area contributed by atoms with Gasteiger partial charge in [0.15, 0.2) is 0 Å². The summed E-state index contributed by atoms with van der Waals surface area (Å²) in [5.41, 5.74) is 2.85. The molecule has 1 saturated heterocycles. The summed E-state index contributed by atoms with van der Waals surface area (Å²) in [6, 6.07) is 21.8. The molecule has 0 saturated carbocycles. The molecule has 1 fully saturated rings. The molecule has 2 amide bonds. The maximum atomic E-state index is 12.4. The van der Waals surface area contributed by atoms with Crippen LogP contribution in [0.4, 0.5) is 11.4 Å². The predicted molar refractivity (Wildman–Crippen MR) is 122 cm³/mol. The summed E-state index contributed by atoms with van der Waals surface area (Å²) in [6.45, 7) is 2.07. The van der Waals surface area contributed by atoms with E-state index in [9.17, 15) is 9.59 Å². The van der Waals surface area contributed by atoms with Crippen molar-refractivity contribution >= 4 is 34.0 Å². The fourth-order valence-electron chi connectivity index (χ4n) is 4.00. The molecule has 5 nitrogen and oxygen atoms in total. The minimum Gasteiger partial charge on any atom is -0.371 e. The Balaban J connectivity index is 1.31. The van der Waals surface area contributed by atoms with E-state index >= 15 is 0 Å². The van der Waals surface area contributed by atoms with Crippen LogP contribution < -0.4 is 15.5 Å². The third-order valence-corrected chi connectivity index (χ3v) is 5.53. The van der Waals surface area contributed by atoms with Crippen LogP contribution in [0.25, 0.3) is 10.8 Å². The van der Waals surface area contributed by atoms with Crippen molar-refractivity contribution in [2.24, 2.45) is 0 Å². The monoisotopic (exact) mass is 401 g/mol. The highest BCUT2D eigenvalue weighted by Crippen LogP contribution is 2.23. The van der Waals surface area contributed by atoms with Crippen molar-refractivity contribution in [1.29, 1.82) is 0 Å². The van der Waals surface area contributed by atoms with Gasteiger partial charge >= 0.3 is 0 Å². The van der Waals surface area contributed by atoms with E-state index in [1.165, 1.54) is 19.3 Å². The van der Waals surface area contributed by atoms with E-state index in [4.69, 9.17) is 0 Å². The summed E-state index contributed by atoms with van der Waals surface area (Å²) in [7, 11) is 0. The molecule has 0 radical (unpaired) electrons. The SMILES string of the molecule is O=C(Cc1cccc2ccccc12)NCC(=O)Nc1cccc(N2CCCCC2)c1. The fourth-order valence-corrected chi connectivity index (χ4v) is 4.00. The zero-order valence-electron chi connectivity index (χ0n) is 17.1. The van der Waals surface area contributed by atoms with Gasteiger partial charge in [0.25, 0.3) is 0 Å². The number of carbonyl (C=O) groups is 2. The average Bonchev–Trinajstić information content (AvgIpc) is 2.79. The van der Waals surface area contributed by atoms with Gasteiger partial charge in [-0.3, -0.25) is 9.59 Å². The molecule has 0 bridgehead atoms. The van der Waals surface area contributed by atoms with Crippen molar-refractivity contribution in [2.45, 2.75) is 25.7 Å². The zero-order chi connectivity index (χ0) is 20.8. The van der Waals surface area contributed by atoms with Gasteiger partial charge in [-0.15, -0.1) is 0 Å². The lowest BCUT2D eigenvalue weighted by Crippen LogP contribution is -2.34.